The topological polar surface area (TPSA) is 93.0 Å². The molecular formula is C17H20N2O4S. The summed E-state index contributed by atoms with van der Waals surface area (Å²) in [5.74, 6) is 0.186. The zero-order chi connectivity index (χ0) is 16.9. The van der Waals surface area contributed by atoms with E-state index in [0.29, 0.717) is 12.3 Å². The molecule has 1 unspecified atom stereocenters. The second-order valence-corrected chi connectivity index (χ2v) is 9.45. The van der Waals surface area contributed by atoms with Gasteiger partial charge in [-0.2, -0.15) is 0 Å². The number of rotatable bonds is 4. The summed E-state index contributed by atoms with van der Waals surface area (Å²) in [6.45, 7) is 0. The average molecular weight is 348 g/mol. The first kappa shape index (κ1) is 15.6. The van der Waals surface area contributed by atoms with Crippen LogP contribution in [0.3, 0.4) is 0 Å². The maximum atomic E-state index is 12.3. The van der Waals surface area contributed by atoms with Crippen LogP contribution in [0.25, 0.3) is 0 Å². The molecule has 1 N–H and O–H groups in total. The number of nitrogens with zero attached hydrogens (tertiary/aromatic N) is 1. The molecule has 0 saturated heterocycles. The largest absolute Gasteiger partial charge is 0.434 e. The number of benzene rings is 1. The van der Waals surface area contributed by atoms with Crippen LogP contribution in [-0.4, -0.2) is 24.9 Å². The van der Waals surface area contributed by atoms with Crippen LogP contribution < -0.4 is 5.76 Å². The Morgan fingerprint density at radius 3 is 2.71 bits per heavy atom. The van der Waals surface area contributed by atoms with Crippen LogP contribution in [0, 0.1) is 5.92 Å². The lowest BCUT2D eigenvalue weighted by Gasteiger charge is -2.32. The highest BCUT2D eigenvalue weighted by molar-refractivity contribution is 7.90. The van der Waals surface area contributed by atoms with E-state index in [2.05, 4.69) is 10.2 Å². The maximum absolute atomic E-state index is 12.3. The van der Waals surface area contributed by atoms with E-state index in [4.69, 9.17) is 4.42 Å². The highest BCUT2D eigenvalue weighted by Gasteiger charge is 2.51. The Labute approximate surface area is 140 Å². The number of aromatic amines is 1. The first-order chi connectivity index (χ1) is 11.4. The normalized spacial score (nSPS) is 25.2. The Balaban J connectivity index is 1.63. The second-order valence-electron chi connectivity index (χ2n) is 7.23. The van der Waals surface area contributed by atoms with Crippen molar-refractivity contribution in [1.29, 1.82) is 0 Å². The van der Waals surface area contributed by atoms with E-state index in [1.165, 1.54) is 6.26 Å². The van der Waals surface area contributed by atoms with Crippen molar-refractivity contribution in [3.63, 3.8) is 0 Å². The van der Waals surface area contributed by atoms with E-state index in [-0.39, 0.29) is 11.3 Å². The number of hydrogen-bond donors (Lipinski definition) is 1. The van der Waals surface area contributed by atoms with E-state index in [0.717, 1.165) is 36.8 Å². The van der Waals surface area contributed by atoms with Gasteiger partial charge >= 0.3 is 5.76 Å². The summed E-state index contributed by atoms with van der Waals surface area (Å²) in [5, 5.41) is 5.89. The average Bonchev–Trinajstić information content (AvgIpc) is 3.17. The van der Waals surface area contributed by atoms with E-state index in [1.807, 2.05) is 24.3 Å². The number of fused-ring (bicyclic) bond motifs is 1. The summed E-state index contributed by atoms with van der Waals surface area (Å²) in [5.41, 5.74) is 1.86. The maximum Gasteiger partial charge on any atom is 0.434 e. The first-order valence-electron chi connectivity index (χ1n) is 8.20. The zero-order valence-electron chi connectivity index (χ0n) is 13.5. The van der Waals surface area contributed by atoms with Crippen LogP contribution in [0.1, 0.15) is 48.0 Å². The van der Waals surface area contributed by atoms with Gasteiger partial charge < -0.3 is 4.42 Å². The van der Waals surface area contributed by atoms with Gasteiger partial charge in [-0.1, -0.05) is 24.3 Å². The molecule has 0 radical (unpaired) electrons. The molecule has 2 atom stereocenters. The molecule has 0 aliphatic heterocycles. The van der Waals surface area contributed by atoms with Crippen molar-refractivity contribution in [2.75, 3.05) is 6.26 Å². The Bertz CT molecular complexity index is 924. The highest BCUT2D eigenvalue weighted by Crippen LogP contribution is 2.54. The Hall–Kier alpha value is -1.89. The lowest BCUT2D eigenvalue weighted by Crippen LogP contribution is -2.26. The van der Waals surface area contributed by atoms with Crippen molar-refractivity contribution in [3.05, 3.63) is 51.8 Å². The fourth-order valence-corrected chi connectivity index (χ4v) is 5.40. The minimum absolute atomic E-state index is 0.196. The molecule has 1 fully saturated rings. The van der Waals surface area contributed by atoms with Gasteiger partial charge in [0.25, 0.3) is 0 Å². The smallest absolute Gasteiger partial charge is 0.392 e. The molecule has 2 aliphatic carbocycles. The molecule has 0 bridgehead atoms. The van der Waals surface area contributed by atoms with Gasteiger partial charge in [-0.25, -0.2) is 18.3 Å². The standard InChI is InChI=1S/C17H20N2O4S/c1-24(21,22)14-9-11(8-12-4-2-3-5-13(12)14)10-17(6-7-17)15-18-19-16(20)23-15/h2-5,11,14H,6-10H2,1H3,(H,19,20)/t11-,14?/m1/s1. The van der Waals surface area contributed by atoms with Crippen LogP contribution >= 0.6 is 0 Å². The summed E-state index contributed by atoms with van der Waals surface area (Å²) in [6.07, 6.45) is 5.47. The summed E-state index contributed by atoms with van der Waals surface area (Å²) in [7, 11) is -3.16. The lowest BCUT2D eigenvalue weighted by molar-refractivity contribution is 0.323. The summed E-state index contributed by atoms with van der Waals surface area (Å²) in [6, 6.07) is 7.81. The van der Waals surface area contributed by atoms with Crippen molar-refractivity contribution < 1.29 is 12.8 Å². The van der Waals surface area contributed by atoms with Crippen molar-refractivity contribution in [2.45, 2.75) is 42.8 Å². The van der Waals surface area contributed by atoms with Gasteiger partial charge in [0.15, 0.2) is 9.84 Å². The fraction of sp³-hybridized carbons (Fsp3) is 0.529. The summed E-state index contributed by atoms with van der Waals surface area (Å²) < 4.78 is 29.7. The minimum atomic E-state index is -3.16. The van der Waals surface area contributed by atoms with Gasteiger partial charge in [-0.05, 0) is 49.1 Å². The van der Waals surface area contributed by atoms with Crippen LogP contribution in [0.15, 0.2) is 33.5 Å². The van der Waals surface area contributed by atoms with Crippen molar-refractivity contribution in [2.24, 2.45) is 5.92 Å². The van der Waals surface area contributed by atoms with E-state index >= 15 is 0 Å². The third kappa shape index (κ3) is 2.70. The first-order valence-corrected chi connectivity index (χ1v) is 10.2. The molecule has 1 aromatic heterocycles. The Morgan fingerprint density at radius 2 is 2.08 bits per heavy atom. The third-order valence-corrected chi connectivity index (χ3v) is 6.88. The quantitative estimate of drug-likeness (QED) is 0.913. The van der Waals surface area contributed by atoms with Crippen molar-refractivity contribution in [3.8, 4) is 0 Å². The second kappa shape index (κ2) is 5.31. The van der Waals surface area contributed by atoms with E-state index < -0.39 is 20.8 Å². The van der Waals surface area contributed by atoms with Crippen molar-refractivity contribution in [1.82, 2.24) is 10.2 Å². The van der Waals surface area contributed by atoms with Crippen LogP contribution in [0.2, 0.25) is 0 Å². The highest BCUT2D eigenvalue weighted by atomic mass is 32.2. The molecule has 1 saturated carbocycles. The SMILES string of the molecule is CS(=O)(=O)C1C[C@H](CC2(c3n[nH]c(=O)o3)CC2)Cc2ccccc21. The molecule has 1 heterocycles. The van der Waals surface area contributed by atoms with Gasteiger partial charge in [-0.15, -0.1) is 5.10 Å². The number of hydrogen-bond acceptors (Lipinski definition) is 5. The fourth-order valence-electron chi connectivity index (χ4n) is 4.08. The van der Waals surface area contributed by atoms with Gasteiger partial charge in [-0.3, -0.25) is 0 Å². The van der Waals surface area contributed by atoms with Gasteiger partial charge in [0.05, 0.1) is 5.25 Å². The molecule has 1 aromatic carbocycles. The van der Waals surface area contributed by atoms with Crippen LogP contribution in [0.4, 0.5) is 0 Å². The van der Waals surface area contributed by atoms with Gasteiger partial charge in [0.1, 0.15) is 0 Å². The molecular weight excluding hydrogens is 328 g/mol. The number of nitrogens with one attached hydrogen (secondary N) is 1. The third-order valence-electron chi connectivity index (χ3n) is 5.40. The van der Waals surface area contributed by atoms with Crippen molar-refractivity contribution >= 4 is 9.84 Å². The molecule has 24 heavy (non-hydrogen) atoms. The number of sulfone groups is 1. The molecule has 4 rings (SSSR count). The Morgan fingerprint density at radius 1 is 1.33 bits per heavy atom. The minimum Gasteiger partial charge on any atom is -0.392 e. The molecule has 7 heteroatoms. The van der Waals surface area contributed by atoms with Crippen LogP contribution in [-0.2, 0) is 21.7 Å². The zero-order valence-corrected chi connectivity index (χ0v) is 14.3. The number of H-pyrrole nitrogens is 1. The predicted octanol–water partition coefficient (Wildman–Crippen LogP) is 2.13. The predicted molar refractivity (Wildman–Crippen MR) is 88.5 cm³/mol. The lowest BCUT2D eigenvalue weighted by atomic mass is 9.78. The van der Waals surface area contributed by atoms with Gasteiger partial charge in [0.2, 0.25) is 5.89 Å². The molecule has 2 aliphatic rings. The van der Waals surface area contributed by atoms with E-state index in [9.17, 15) is 13.2 Å². The molecule has 0 spiro atoms. The molecule has 0 amide bonds. The van der Waals surface area contributed by atoms with Crippen LogP contribution in [0.5, 0.6) is 0 Å². The molecule has 6 nitrogen and oxygen atoms in total. The van der Waals surface area contributed by atoms with Gasteiger partial charge in [0, 0.05) is 11.7 Å². The molecule has 128 valence electrons. The summed E-state index contributed by atoms with van der Waals surface area (Å²) in [4.78, 5) is 11.2. The van der Waals surface area contributed by atoms with E-state index in [1.54, 1.807) is 0 Å². The summed E-state index contributed by atoms with van der Waals surface area (Å²) >= 11 is 0. The Kier molecular flexibility index (Phi) is 3.46. The number of aromatic nitrogens is 2. The monoisotopic (exact) mass is 348 g/mol. The molecule has 2 aromatic rings.